The molecule has 1 fully saturated rings. The molecule has 1 unspecified atom stereocenters. The van der Waals surface area contributed by atoms with Gasteiger partial charge < -0.3 is 10.6 Å². The molecule has 0 bridgehead atoms. The highest BCUT2D eigenvalue weighted by Crippen LogP contribution is 2.26. The first-order valence-corrected chi connectivity index (χ1v) is 7.84. The fourth-order valence-corrected chi connectivity index (χ4v) is 3.20. The van der Waals surface area contributed by atoms with Crippen LogP contribution >= 0.6 is 36.2 Å². The highest BCUT2D eigenvalue weighted by atomic mass is 35.5. The number of hydrogen-bond donors (Lipinski definition) is 2. The predicted molar refractivity (Wildman–Crippen MR) is 95.4 cm³/mol. The van der Waals surface area contributed by atoms with E-state index in [9.17, 15) is 9.18 Å². The number of nitrogens with one attached hydrogen (secondary N) is 2. The Bertz CT molecular complexity index is 647. The SMILES string of the molecule is Cl.Cl.O=C(NC1CCCNC1)c1csc(-c2ccccc2F)n1. The van der Waals surface area contributed by atoms with Crippen LogP contribution in [0.3, 0.4) is 0 Å². The van der Waals surface area contributed by atoms with Gasteiger partial charge in [0.25, 0.3) is 5.91 Å². The molecule has 1 aromatic carbocycles. The van der Waals surface area contributed by atoms with Gasteiger partial charge in [-0.05, 0) is 31.5 Å². The van der Waals surface area contributed by atoms with Crippen LogP contribution in [0.4, 0.5) is 4.39 Å². The predicted octanol–water partition coefficient (Wildman–Crippen LogP) is 3.27. The molecule has 1 saturated heterocycles. The molecule has 126 valence electrons. The Morgan fingerprint density at radius 1 is 1.35 bits per heavy atom. The van der Waals surface area contributed by atoms with E-state index in [1.165, 1.54) is 17.4 Å². The van der Waals surface area contributed by atoms with Gasteiger partial charge >= 0.3 is 0 Å². The number of hydrogen-bond acceptors (Lipinski definition) is 4. The van der Waals surface area contributed by atoms with Gasteiger partial charge in [-0.15, -0.1) is 36.2 Å². The molecule has 2 heterocycles. The van der Waals surface area contributed by atoms with Crippen LogP contribution in [0.25, 0.3) is 10.6 Å². The Labute approximate surface area is 150 Å². The van der Waals surface area contributed by atoms with Crippen LogP contribution in [0.2, 0.25) is 0 Å². The van der Waals surface area contributed by atoms with E-state index in [1.54, 1.807) is 23.6 Å². The van der Waals surface area contributed by atoms with E-state index in [1.807, 2.05) is 0 Å². The third-order valence-corrected chi connectivity index (χ3v) is 4.35. The van der Waals surface area contributed by atoms with Crippen molar-refractivity contribution in [3.8, 4) is 10.6 Å². The first-order valence-electron chi connectivity index (χ1n) is 6.96. The summed E-state index contributed by atoms with van der Waals surface area (Å²) in [5.41, 5.74) is 0.782. The number of thiazole rings is 1. The Hall–Kier alpha value is -1.21. The molecule has 2 N–H and O–H groups in total. The van der Waals surface area contributed by atoms with Gasteiger partial charge in [-0.1, -0.05) is 12.1 Å². The molecular weight excluding hydrogens is 360 g/mol. The van der Waals surface area contributed by atoms with Gasteiger partial charge in [0.2, 0.25) is 0 Å². The van der Waals surface area contributed by atoms with E-state index in [4.69, 9.17) is 0 Å². The number of carbonyl (C=O) groups is 1. The number of aromatic nitrogens is 1. The molecular formula is C15H18Cl2FN3OS. The number of rotatable bonds is 3. The molecule has 0 radical (unpaired) electrons. The minimum absolute atomic E-state index is 0. The molecule has 1 amide bonds. The first-order chi connectivity index (χ1) is 10.2. The van der Waals surface area contributed by atoms with Gasteiger partial charge in [0.1, 0.15) is 16.5 Å². The second-order valence-electron chi connectivity index (χ2n) is 5.03. The summed E-state index contributed by atoms with van der Waals surface area (Å²) in [6, 6.07) is 6.60. The van der Waals surface area contributed by atoms with Gasteiger partial charge in [0, 0.05) is 23.5 Å². The summed E-state index contributed by atoms with van der Waals surface area (Å²) in [5.74, 6) is -0.516. The summed E-state index contributed by atoms with van der Waals surface area (Å²) in [4.78, 5) is 16.4. The van der Waals surface area contributed by atoms with Gasteiger partial charge in [-0.25, -0.2) is 9.37 Å². The number of benzene rings is 1. The monoisotopic (exact) mass is 377 g/mol. The lowest BCUT2D eigenvalue weighted by Gasteiger charge is -2.23. The van der Waals surface area contributed by atoms with Gasteiger partial charge in [0.05, 0.1) is 0 Å². The molecule has 2 aromatic rings. The van der Waals surface area contributed by atoms with Crippen LogP contribution < -0.4 is 10.6 Å². The lowest BCUT2D eigenvalue weighted by molar-refractivity contribution is 0.0926. The standard InChI is InChI=1S/C15H16FN3OS.2ClH/c16-12-6-2-1-5-11(12)15-19-13(9-21-15)14(20)18-10-4-3-7-17-8-10;;/h1-2,5-6,9-10,17H,3-4,7-8H2,(H,18,20);2*1H. The van der Waals surface area contributed by atoms with E-state index in [0.29, 0.717) is 16.3 Å². The zero-order chi connectivity index (χ0) is 14.7. The molecule has 8 heteroatoms. The largest absolute Gasteiger partial charge is 0.347 e. The summed E-state index contributed by atoms with van der Waals surface area (Å²) < 4.78 is 13.7. The van der Waals surface area contributed by atoms with E-state index in [0.717, 1.165) is 25.9 Å². The first kappa shape index (κ1) is 19.8. The number of halogens is 3. The fourth-order valence-electron chi connectivity index (χ4n) is 2.37. The molecule has 1 aliphatic rings. The zero-order valence-electron chi connectivity index (χ0n) is 12.3. The molecule has 3 rings (SSSR count). The molecule has 1 aromatic heterocycles. The number of carbonyl (C=O) groups excluding carboxylic acids is 1. The lowest BCUT2D eigenvalue weighted by Crippen LogP contribution is -2.45. The van der Waals surface area contributed by atoms with Crippen LogP contribution in [-0.4, -0.2) is 30.0 Å². The van der Waals surface area contributed by atoms with Crippen molar-refractivity contribution in [1.29, 1.82) is 0 Å². The van der Waals surface area contributed by atoms with Gasteiger partial charge in [0.15, 0.2) is 0 Å². The second-order valence-corrected chi connectivity index (χ2v) is 5.89. The third-order valence-electron chi connectivity index (χ3n) is 3.47. The third kappa shape index (κ3) is 4.88. The average Bonchev–Trinajstić information content (AvgIpc) is 2.98. The highest BCUT2D eigenvalue weighted by molar-refractivity contribution is 7.13. The molecule has 0 spiro atoms. The van der Waals surface area contributed by atoms with Crippen molar-refractivity contribution < 1.29 is 9.18 Å². The van der Waals surface area contributed by atoms with Crippen LogP contribution in [0.5, 0.6) is 0 Å². The van der Waals surface area contributed by atoms with Gasteiger partial charge in [-0.2, -0.15) is 0 Å². The van der Waals surface area contributed by atoms with Crippen molar-refractivity contribution in [2.75, 3.05) is 13.1 Å². The van der Waals surface area contributed by atoms with E-state index in [-0.39, 0.29) is 42.6 Å². The minimum Gasteiger partial charge on any atom is -0.347 e. The quantitative estimate of drug-likeness (QED) is 0.862. The number of amides is 1. The second kappa shape index (κ2) is 9.17. The highest BCUT2D eigenvalue weighted by Gasteiger charge is 2.19. The summed E-state index contributed by atoms with van der Waals surface area (Å²) in [6.45, 7) is 1.79. The maximum Gasteiger partial charge on any atom is 0.271 e. The molecule has 0 saturated carbocycles. The van der Waals surface area contributed by atoms with Crippen LogP contribution in [0, 0.1) is 5.82 Å². The summed E-state index contributed by atoms with van der Waals surface area (Å²) >= 11 is 1.28. The summed E-state index contributed by atoms with van der Waals surface area (Å²) in [5, 5.41) is 8.41. The Kier molecular flexibility index (Phi) is 7.91. The van der Waals surface area contributed by atoms with Crippen molar-refractivity contribution in [2.45, 2.75) is 18.9 Å². The average molecular weight is 378 g/mol. The van der Waals surface area contributed by atoms with Crippen molar-refractivity contribution in [2.24, 2.45) is 0 Å². The van der Waals surface area contributed by atoms with Gasteiger partial charge in [-0.3, -0.25) is 4.79 Å². The lowest BCUT2D eigenvalue weighted by atomic mass is 10.1. The van der Waals surface area contributed by atoms with Crippen molar-refractivity contribution >= 4 is 42.1 Å². The van der Waals surface area contributed by atoms with E-state index < -0.39 is 0 Å². The Morgan fingerprint density at radius 2 is 2.13 bits per heavy atom. The summed E-state index contributed by atoms with van der Waals surface area (Å²) in [7, 11) is 0. The van der Waals surface area contributed by atoms with Crippen LogP contribution in [0.15, 0.2) is 29.6 Å². The maximum atomic E-state index is 13.7. The molecule has 1 aliphatic heterocycles. The number of nitrogens with zero attached hydrogens (tertiary/aromatic N) is 1. The zero-order valence-corrected chi connectivity index (χ0v) is 14.7. The number of piperidine rings is 1. The van der Waals surface area contributed by atoms with Crippen LogP contribution in [0.1, 0.15) is 23.3 Å². The van der Waals surface area contributed by atoms with Crippen molar-refractivity contribution in [1.82, 2.24) is 15.6 Å². The summed E-state index contributed by atoms with van der Waals surface area (Å²) in [6.07, 6.45) is 2.03. The topological polar surface area (TPSA) is 54.0 Å². The van der Waals surface area contributed by atoms with Crippen LogP contribution in [-0.2, 0) is 0 Å². The smallest absolute Gasteiger partial charge is 0.271 e. The minimum atomic E-state index is -0.324. The van der Waals surface area contributed by atoms with E-state index >= 15 is 0 Å². The molecule has 4 nitrogen and oxygen atoms in total. The van der Waals surface area contributed by atoms with Crippen molar-refractivity contribution in [3.63, 3.8) is 0 Å². The van der Waals surface area contributed by atoms with Crippen molar-refractivity contribution in [3.05, 3.63) is 41.2 Å². The molecule has 0 aliphatic carbocycles. The Balaban J connectivity index is 0.00000132. The molecule has 23 heavy (non-hydrogen) atoms. The molecule has 1 atom stereocenters. The maximum absolute atomic E-state index is 13.7. The normalized spacial score (nSPS) is 16.8. The fraction of sp³-hybridized carbons (Fsp3) is 0.333. The van der Waals surface area contributed by atoms with E-state index in [2.05, 4.69) is 15.6 Å². The Morgan fingerprint density at radius 3 is 2.83 bits per heavy atom.